The first kappa shape index (κ1) is 18.0. The molecule has 0 bridgehead atoms. The van der Waals surface area contributed by atoms with Crippen molar-refractivity contribution >= 4 is 11.9 Å². The van der Waals surface area contributed by atoms with E-state index in [1.54, 1.807) is 25.3 Å². The van der Waals surface area contributed by atoms with E-state index in [0.717, 1.165) is 30.4 Å². The third-order valence-electron chi connectivity index (χ3n) is 4.88. The Morgan fingerprint density at radius 1 is 1.23 bits per heavy atom. The van der Waals surface area contributed by atoms with E-state index in [4.69, 9.17) is 4.74 Å². The number of hydrogen-bond donors (Lipinski definition) is 2. The predicted molar refractivity (Wildman–Crippen MR) is 98.3 cm³/mol. The van der Waals surface area contributed by atoms with Crippen LogP contribution in [-0.2, 0) is 16.0 Å². The molecule has 0 aromatic heterocycles. The summed E-state index contributed by atoms with van der Waals surface area (Å²) in [5, 5.41) is 12.2. The minimum atomic E-state index is -0.956. The molecule has 1 aliphatic carbocycles. The quantitative estimate of drug-likeness (QED) is 0.834. The molecule has 0 fully saturated rings. The lowest BCUT2D eigenvalue weighted by molar-refractivity contribution is -0.137. The van der Waals surface area contributed by atoms with E-state index in [9.17, 15) is 14.7 Å². The second-order valence-corrected chi connectivity index (χ2v) is 6.58. The van der Waals surface area contributed by atoms with Gasteiger partial charge in [0.15, 0.2) is 0 Å². The second kappa shape index (κ2) is 8.04. The molecule has 2 atom stereocenters. The number of aliphatic carboxylic acids is 1. The van der Waals surface area contributed by atoms with Crippen molar-refractivity contribution in [1.82, 2.24) is 5.32 Å². The zero-order valence-electron chi connectivity index (χ0n) is 14.8. The summed E-state index contributed by atoms with van der Waals surface area (Å²) in [4.78, 5) is 24.3. The number of nitrogens with one attached hydrogen (secondary N) is 1. The topological polar surface area (TPSA) is 75.6 Å². The van der Waals surface area contributed by atoms with Gasteiger partial charge >= 0.3 is 5.97 Å². The van der Waals surface area contributed by atoms with Crippen molar-refractivity contribution in [3.05, 3.63) is 65.2 Å². The highest BCUT2D eigenvalue weighted by molar-refractivity contribution is 5.85. The number of aryl methyl sites for hydroxylation is 1. The molecule has 136 valence electrons. The van der Waals surface area contributed by atoms with Crippen LogP contribution in [0.5, 0.6) is 5.75 Å². The molecular weight excluding hydrogens is 330 g/mol. The van der Waals surface area contributed by atoms with Gasteiger partial charge in [0.2, 0.25) is 5.91 Å². The Morgan fingerprint density at radius 3 is 2.81 bits per heavy atom. The maximum atomic E-state index is 12.9. The van der Waals surface area contributed by atoms with Crippen molar-refractivity contribution in [3.8, 4) is 5.75 Å². The summed E-state index contributed by atoms with van der Waals surface area (Å²) in [6, 6.07) is 14.6. The summed E-state index contributed by atoms with van der Waals surface area (Å²) in [6.07, 6.45) is 2.54. The monoisotopic (exact) mass is 353 g/mol. The molecule has 0 spiro atoms. The molecule has 0 aliphatic heterocycles. The lowest BCUT2D eigenvalue weighted by atomic mass is 9.82. The average Bonchev–Trinajstić information content (AvgIpc) is 2.66. The highest BCUT2D eigenvalue weighted by Gasteiger charge is 2.28. The number of hydrogen-bond acceptors (Lipinski definition) is 3. The van der Waals surface area contributed by atoms with Gasteiger partial charge in [0.05, 0.1) is 25.5 Å². The normalized spacial score (nSPS) is 17.0. The molecule has 2 aromatic carbocycles. The number of amides is 1. The van der Waals surface area contributed by atoms with Crippen LogP contribution in [0.25, 0.3) is 0 Å². The Bertz CT molecular complexity index is 802. The van der Waals surface area contributed by atoms with Crippen LogP contribution >= 0.6 is 0 Å². The molecule has 5 heteroatoms. The summed E-state index contributed by atoms with van der Waals surface area (Å²) in [6.45, 7) is 0. The van der Waals surface area contributed by atoms with E-state index in [1.165, 1.54) is 5.56 Å². The fourth-order valence-electron chi connectivity index (χ4n) is 3.58. The van der Waals surface area contributed by atoms with Gasteiger partial charge in [-0.2, -0.15) is 0 Å². The number of carboxylic acid groups (broad SMARTS) is 1. The SMILES string of the molecule is COc1cccc(C(CC(=O)O)NC(=O)[C@H]2CCCc3ccccc32)c1. The minimum absolute atomic E-state index is 0.119. The summed E-state index contributed by atoms with van der Waals surface area (Å²) >= 11 is 0. The van der Waals surface area contributed by atoms with E-state index >= 15 is 0 Å². The first-order valence-electron chi connectivity index (χ1n) is 8.82. The zero-order chi connectivity index (χ0) is 18.5. The number of carbonyl (C=O) groups is 2. The standard InChI is InChI=1S/C21H23NO4/c1-26-16-9-4-8-15(12-16)19(13-20(23)24)22-21(25)18-11-5-7-14-6-2-3-10-17(14)18/h2-4,6,8-10,12,18-19H,5,7,11,13H2,1H3,(H,22,25)(H,23,24)/t18-,19?/m0/s1. The molecule has 0 radical (unpaired) electrons. The maximum Gasteiger partial charge on any atom is 0.305 e. The summed E-state index contributed by atoms with van der Waals surface area (Å²) < 4.78 is 5.22. The number of methoxy groups -OCH3 is 1. The van der Waals surface area contributed by atoms with Crippen molar-refractivity contribution in [2.24, 2.45) is 0 Å². The molecule has 1 unspecified atom stereocenters. The number of fused-ring (bicyclic) bond motifs is 1. The first-order valence-corrected chi connectivity index (χ1v) is 8.82. The van der Waals surface area contributed by atoms with Crippen molar-refractivity contribution in [2.75, 3.05) is 7.11 Å². The molecule has 0 heterocycles. The molecule has 5 nitrogen and oxygen atoms in total. The molecule has 2 N–H and O–H groups in total. The van der Waals surface area contributed by atoms with E-state index in [1.807, 2.05) is 24.3 Å². The van der Waals surface area contributed by atoms with Crippen molar-refractivity contribution in [1.29, 1.82) is 0 Å². The zero-order valence-corrected chi connectivity index (χ0v) is 14.8. The maximum absolute atomic E-state index is 12.9. The van der Waals surface area contributed by atoms with Gasteiger partial charge in [-0.1, -0.05) is 36.4 Å². The Hall–Kier alpha value is -2.82. The van der Waals surface area contributed by atoms with Gasteiger partial charge in [0.25, 0.3) is 0 Å². The number of rotatable bonds is 6. The Morgan fingerprint density at radius 2 is 2.04 bits per heavy atom. The molecule has 1 amide bonds. The Balaban J connectivity index is 1.83. The lowest BCUT2D eigenvalue weighted by Crippen LogP contribution is -2.35. The van der Waals surface area contributed by atoms with Gasteiger partial charge in [0.1, 0.15) is 5.75 Å². The molecule has 26 heavy (non-hydrogen) atoms. The van der Waals surface area contributed by atoms with Crippen LogP contribution in [0.3, 0.4) is 0 Å². The van der Waals surface area contributed by atoms with Gasteiger partial charge in [-0.25, -0.2) is 0 Å². The largest absolute Gasteiger partial charge is 0.497 e. The van der Waals surface area contributed by atoms with Crippen LogP contribution in [0.2, 0.25) is 0 Å². The van der Waals surface area contributed by atoms with Crippen LogP contribution in [0.1, 0.15) is 47.9 Å². The average molecular weight is 353 g/mol. The highest BCUT2D eigenvalue weighted by atomic mass is 16.5. The van der Waals surface area contributed by atoms with E-state index < -0.39 is 12.0 Å². The minimum Gasteiger partial charge on any atom is -0.497 e. The molecule has 0 saturated heterocycles. The molecule has 1 aliphatic rings. The van der Waals surface area contributed by atoms with Gasteiger partial charge in [-0.3, -0.25) is 9.59 Å². The van der Waals surface area contributed by atoms with Crippen LogP contribution in [-0.4, -0.2) is 24.1 Å². The van der Waals surface area contributed by atoms with Crippen LogP contribution in [0.15, 0.2) is 48.5 Å². The van der Waals surface area contributed by atoms with E-state index in [-0.39, 0.29) is 18.2 Å². The number of carboxylic acids is 1. The molecule has 3 rings (SSSR count). The van der Waals surface area contributed by atoms with E-state index in [2.05, 4.69) is 11.4 Å². The fraction of sp³-hybridized carbons (Fsp3) is 0.333. The lowest BCUT2D eigenvalue weighted by Gasteiger charge is -2.27. The summed E-state index contributed by atoms with van der Waals surface area (Å²) in [7, 11) is 1.56. The van der Waals surface area contributed by atoms with Gasteiger partial charge in [-0.05, 0) is 48.1 Å². The van der Waals surface area contributed by atoms with Crippen LogP contribution in [0.4, 0.5) is 0 Å². The predicted octanol–water partition coefficient (Wildman–Crippen LogP) is 3.45. The number of carbonyl (C=O) groups excluding carboxylic acids is 1. The summed E-state index contributed by atoms with van der Waals surface area (Å²) in [5.41, 5.74) is 2.98. The number of ether oxygens (including phenoxy) is 1. The van der Waals surface area contributed by atoms with Crippen molar-refractivity contribution in [3.63, 3.8) is 0 Å². The molecule has 0 saturated carbocycles. The van der Waals surface area contributed by atoms with E-state index in [0.29, 0.717) is 5.75 Å². The van der Waals surface area contributed by atoms with Crippen LogP contribution < -0.4 is 10.1 Å². The van der Waals surface area contributed by atoms with Crippen molar-refractivity contribution in [2.45, 2.75) is 37.6 Å². The summed E-state index contributed by atoms with van der Waals surface area (Å²) in [5.74, 6) is -0.676. The third-order valence-corrected chi connectivity index (χ3v) is 4.88. The molecular formula is C21H23NO4. The molecule has 2 aromatic rings. The third kappa shape index (κ3) is 4.04. The van der Waals surface area contributed by atoms with Gasteiger partial charge in [0, 0.05) is 0 Å². The van der Waals surface area contributed by atoms with Gasteiger partial charge < -0.3 is 15.2 Å². The fourth-order valence-corrected chi connectivity index (χ4v) is 3.58. The number of benzene rings is 2. The Labute approximate surface area is 153 Å². The highest BCUT2D eigenvalue weighted by Crippen LogP contribution is 2.32. The Kier molecular flexibility index (Phi) is 5.56. The smallest absolute Gasteiger partial charge is 0.305 e. The first-order chi connectivity index (χ1) is 12.6. The second-order valence-electron chi connectivity index (χ2n) is 6.58. The van der Waals surface area contributed by atoms with Gasteiger partial charge in [-0.15, -0.1) is 0 Å². The van der Waals surface area contributed by atoms with Crippen LogP contribution in [0, 0.1) is 0 Å². The van der Waals surface area contributed by atoms with Crippen molar-refractivity contribution < 1.29 is 19.4 Å².